The van der Waals surface area contributed by atoms with E-state index < -0.39 is 6.04 Å². The molecule has 3 rings (SSSR count). The molecule has 0 saturated heterocycles. The molecule has 0 aromatic heterocycles. The SMILES string of the molecule is CC(C)NC(=O)C(Cc1ccccc1)N(Cc1cccc(Br)c1)C(=O)CSCc1ccc(Cl)cc1Cl. The van der Waals surface area contributed by atoms with Crippen LogP contribution >= 0.6 is 50.9 Å². The molecule has 0 aliphatic carbocycles. The Morgan fingerprint density at radius 1 is 0.972 bits per heavy atom. The fourth-order valence-corrected chi connectivity index (χ4v) is 5.65. The van der Waals surface area contributed by atoms with E-state index in [-0.39, 0.29) is 23.6 Å². The number of carbonyl (C=O) groups excluding carboxylic acids is 2. The minimum atomic E-state index is -0.652. The highest BCUT2D eigenvalue weighted by molar-refractivity contribution is 9.10. The number of nitrogens with one attached hydrogen (secondary N) is 1. The number of thioether (sulfide) groups is 1. The average molecular weight is 608 g/mol. The summed E-state index contributed by atoms with van der Waals surface area (Å²) in [6, 6.07) is 22.3. The fourth-order valence-electron chi connectivity index (χ4n) is 3.74. The van der Waals surface area contributed by atoms with E-state index in [1.807, 2.05) is 74.5 Å². The standard InChI is InChI=1S/C28H29BrCl2N2O2S/c1-19(2)32-28(35)26(14-20-7-4-3-5-8-20)33(16-21-9-6-10-23(29)13-21)27(34)18-36-17-22-11-12-24(30)15-25(22)31/h3-13,15,19,26H,14,16-18H2,1-2H3,(H,32,35). The van der Waals surface area contributed by atoms with Crippen LogP contribution in [0.4, 0.5) is 0 Å². The van der Waals surface area contributed by atoms with Crippen molar-refractivity contribution in [3.05, 3.63) is 104 Å². The number of benzene rings is 3. The monoisotopic (exact) mass is 606 g/mol. The van der Waals surface area contributed by atoms with E-state index in [0.717, 1.165) is 21.2 Å². The number of amides is 2. The first kappa shape index (κ1) is 28.6. The maximum Gasteiger partial charge on any atom is 0.243 e. The van der Waals surface area contributed by atoms with Gasteiger partial charge in [-0.15, -0.1) is 11.8 Å². The molecule has 1 N–H and O–H groups in total. The molecule has 0 spiro atoms. The number of hydrogen-bond donors (Lipinski definition) is 1. The van der Waals surface area contributed by atoms with Gasteiger partial charge in [-0.05, 0) is 54.8 Å². The maximum absolute atomic E-state index is 13.6. The zero-order valence-corrected chi connectivity index (χ0v) is 24.1. The quantitative estimate of drug-likeness (QED) is 0.252. The van der Waals surface area contributed by atoms with E-state index in [1.54, 1.807) is 17.0 Å². The Labute approximate surface area is 235 Å². The van der Waals surface area contributed by atoms with Crippen molar-refractivity contribution in [1.29, 1.82) is 0 Å². The van der Waals surface area contributed by atoms with Crippen LogP contribution in [0.3, 0.4) is 0 Å². The van der Waals surface area contributed by atoms with Gasteiger partial charge in [-0.3, -0.25) is 9.59 Å². The van der Waals surface area contributed by atoms with Crippen molar-refractivity contribution in [2.24, 2.45) is 0 Å². The Morgan fingerprint density at radius 2 is 1.69 bits per heavy atom. The Kier molecular flexibility index (Phi) is 11.2. The smallest absolute Gasteiger partial charge is 0.243 e. The third-order valence-electron chi connectivity index (χ3n) is 5.44. The molecular formula is C28H29BrCl2N2O2S. The molecular weight excluding hydrogens is 579 g/mol. The Morgan fingerprint density at radius 3 is 2.36 bits per heavy atom. The van der Waals surface area contributed by atoms with Gasteiger partial charge in [-0.25, -0.2) is 0 Å². The topological polar surface area (TPSA) is 49.4 Å². The first-order chi connectivity index (χ1) is 17.2. The summed E-state index contributed by atoms with van der Waals surface area (Å²) in [5, 5.41) is 4.16. The number of carbonyl (C=O) groups is 2. The molecule has 36 heavy (non-hydrogen) atoms. The van der Waals surface area contributed by atoms with E-state index >= 15 is 0 Å². The lowest BCUT2D eigenvalue weighted by Gasteiger charge is -2.32. The van der Waals surface area contributed by atoms with Crippen molar-refractivity contribution >= 4 is 62.7 Å². The Balaban J connectivity index is 1.85. The van der Waals surface area contributed by atoms with Crippen LogP contribution < -0.4 is 5.32 Å². The average Bonchev–Trinajstić information content (AvgIpc) is 2.83. The minimum Gasteiger partial charge on any atom is -0.352 e. The van der Waals surface area contributed by atoms with Crippen LogP contribution in [-0.2, 0) is 28.3 Å². The lowest BCUT2D eigenvalue weighted by atomic mass is 10.0. The second-order valence-electron chi connectivity index (χ2n) is 8.75. The maximum atomic E-state index is 13.6. The molecule has 1 unspecified atom stereocenters. The minimum absolute atomic E-state index is 0.0417. The summed E-state index contributed by atoms with van der Waals surface area (Å²) in [5.41, 5.74) is 2.85. The highest BCUT2D eigenvalue weighted by atomic mass is 79.9. The second kappa shape index (κ2) is 14.1. The lowest BCUT2D eigenvalue weighted by Crippen LogP contribution is -2.52. The van der Waals surface area contributed by atoms with Crippen LogP contribution in [0.5, 0.6) is 0 Å². The fraction of sp³-hybridized carbons (Fsp3) is 0.286. The zero-order chi connectivity index (χ0) is 26.1. The van der Waals surface area contributed by atoms with Gasteiger partial charge >= 0.3 is 0 Å². The molecule has 8 heteroatoms. The Hall–Kier alpha value is -1.99. The van der Waals surface area contributed by atoms with E-state index in [4.69, 9.17) is 23.2 Å². The third-order valence-corrected chi connectivity index (χ3v) is 7.49. The predicted molar refractivity (Wildman–Crippen MR) is 155 cm³/mol. The van der Waals surface area contributed by atoms with Gasteiger partial charge in [0, 0.05) is 39.3 Å². The molecule has 3 aromatic carbocycles. The van der Waals surface area contributed by atoms with Gasteiger partial charge in [0.05, 0.1) is 5.75 Å². The van der Waals surface area contributed by atoms with Gasteiger partial charge in [0.2, 0.25) is 11.8 Å². The van der Waals surface area contributed by atoms with Crippen LogP contribution in [-0.4, -0.2) is 34.6 Å². The highest BCUT2D eigenvalue weighted by Crippen LogP contribution is 2.25. The van der Waals surface area contributed by atoms with Crippen LogP contribution in [0, 0.1) is 0 Å². The molecule has 0 aliphatic heterocycles. The molecule has 1 atom stereocenters. The number of rotatable bonds is 11. The normalized spacial score (nSPS) is 11.8. The zero-order valence-electron chi connectivity index (χ0n) is 20.2. The summed E-state index contributed by atoms with van der Waals surface area (Å²) in [7, 11) is 0. The molecule has 190 valence electrons. The molecule has 3 aromatic rings. The summed E-state index contributed by atoms with van der Waals surface area (Å²) < 4.78 is 0.922. The summed E-state index contributed by atoms with van der Waals surface area (Å²) in [4.78, 5) is 28.7. The van der Waals surface area contributed by atoms with E-state index in [2.05, 4.69) is 21.2 Å². The van der Waals surface area contributed by atoms with Crippen molar-refractivity contribution in [3.8, 4) is 0 Å². The second-order valence-corrected chi connectivity index (χ2v) is 11.5. The third kappa shape index (κ3) is 8.84. The summed E-state index contributed by atoms with van der Waals surface area (Å²) in [6.07, 6.45) is 0.423. The molecule has 0 aliphatic rings. The van der Waals surface area contributed by atoms with Crippen molar-refractivity contribution in [2.45, 2.75) is 44.6 Å². The number of halogens is 3. The molecule has 0 heterocycles. The van der Waals surface area contributed by atoms with E-state index in [1.165, 1.54) is 11.8 Å². The van der Waals surface area contributed by atoms with Gasteiger partial charge in [0.25, 0.3) is 0 Å². The first-order valence-corrected chi connectivity index (χ1v) is 14.3. The van der Waals surface area contributed by atoms with Gasteiger partial charge in [-0.2, -0.15) is 0 Å². The Bertz CT molecular complexity index is 1180. The van der Waals surface area contributed by atoms with Crippen molar-refractivity contribution in [3.63, 3.8) is 0 Å². The van der Waals surface area contributed by atoms with Crippen LogP contribution in [0.1, 0.15) is 30.5 Å². The van der Waals surface area contributed by atoms with Gasteiger partial charge in [0.15, 0.2) is 0 Å². The van der Waals surface area contributed by atoms with E-state index in [0.29, 0.717) is 28.8 Å². The van der Waals surface area contributed by atoms with Gasteiger partial charge < -0.3 is 10.2 Å². The number of nitrogens with zero attached hydrogens (tertiary/aromatic N) is 1. The molecule has 0 bridgehead atoms. The van der Waals surface area contributed by atoms with Gasteiger partial charge in [-0.1, -0.05) is 87.7 Å². The van der Waals surface area contributed by atoms with Crippen molar-refractivity contribution in [2.75, 3.05) is 5.75 Å². The van der Waals surface area contributed by atoms with Crippen LogP contribution in [0.2, 0.25) is 10.0 Å². The molecule has 4 nitrogen and oxygen atoms in total. The molecule has 0 fully saturated rings. The van der Waals surface area contributed by atoms with Crippen molar-refractivity contribution < 1.29 is 9.59 Å². The van der Waals surface area contributed by atoms with Crippen LogP contribution in [0.25, 0.3) is 0 Å². The van der Waals surface area contributed by atoms with Gasteiger partial charge in [0.1, 0.15) is 6.04 Å². The number of hydrogen-bond acceptors (Lipinski definition) is 3. The largest absolute Gasteiger partial charge is 0.352 e. The van der Waals surface area contributed by atoms with E-state index in [9.17, 15) is 9.59 Å². The first-order valence-electron chi connectivity index (χ1n) is 11.6. The molecule has 0 radical (unpaired) electrons. The summed E-state index contributed by atoms with van der Waals surface area (Å²) >= 11 is 17.3. The lowest BCUT2D eigenvalue weighted by molar-refractivity contribution is -0.139. The van der Waals surface area contributed by atoms with Crippen LogP contribution in [0.15, 0.2) is 77.3 Å². The van der Waals surface area contributed by atoms with Crippen molar-refractivity contribution in [1.82, 2.24) is 10.2 Å². The predicted octanol–water partition coefficient (Wildman–Crippen LogP) is 7.15. The molecule has 0 saturated carbocycles. The summed E-state index contributed by atoms with van der Waals surface area (Å²) in [5.74, 6) is 0.508. The molecule has 2 amide bonds. The summed E-state index contributed by atoms with van der Waals surface area (Å²) in [6.45, 7) is 4.16. The highest BCUT2D eigenvalue weighted by Gasteiger charge is 2.30.